The van der Waals surface area contributed by atoms with Gasteiger partial charge >= 0.3 is 5.97 Å². The second-order valence-corrected chi connectivity index (χ2v) is 5.50. The van der Waals surface area contributed by atoms with Gasteiger partial charge in [-0.2, -0.15) is 0 Å². The monoisotopic (exact) mass is 343 g/mol. The van der Waals surface area contributed by atoms with Crippen molar-refractivity contribution in [3.05, 3.63) is 29.8 Å². The average molecular weight is 344 g/mol. The number of esters is 1. The minimum absolute atomic E-state index is 0.0869. The van der Waals surface area contributed by atoms with Crippen molar-refractivity contribution in [1.82, 2.24) is 5.32 Å². The number of carbonyl (C=O) groups excluding carboxylic acids is 2. The fourth-order valence-electron chi connectivity index (χ4n) is 1.45. The fourth-order valence-corrected chi connectivity index (χ4v) is 1.80. The third-order valence-electron chi connectivity index (χ3n) is 2.39. The van der Waals surface area contributed by atoms with E-state index in [4.69, 9.17) is 4.74 Å². The predicted molar refractivity (Wildman–Crippen MR) is 79.3 cm³/mol. The van der Waals surface area contributed by atoms with E-state index in [1.54, 1.807) is 24.3 Å². The Labute approximate surface area is 126 Å². The Balaban J connectivity index is 2.53. The molecule has 0 radical (unpaired) electrons. The zero-order valence-electron chi connectivity index (χ0n) is 11.7. The quantitative estimate of drug-likeness (QED) is 0.634. The van der Waals surface area contributed by atoms with Crippen LogP contribution in [0.1, 0.15) is 24.2 Å². The lowest BCUT2D eigenvalue weighted by Crippen LogP contribution is -2.33. The molecule has 0 aromatic heterocycles. The van der Waals surface area contributed by atoms with Crippen LogP contribution in [-0.4, -0.2) is 36.5 Å². The van der Waals surface area contributed by atoms with Gasteiger partial charge in [0, 0.05) is 12.1 Å². The molecule has 0 fully saturated rings. The molecule has 1 unspecified atom stereocenters. The molecule has 5 nitrogen and oxygen atoms in total. The summed E-state index contributed by atoms with van der Waals surface area (Å²) >= 11 is 3.13. The van der Waals surface area contributed by atoms with E-state index in [-0.39, 0.29) is 18.6 Å². The number of ether oxygens (including phenoxy) is 2. The van der Waals surface area contributed by atoms with Crippen molar-refractivity contribution in [2.24, 2.45) is 0 Å². The summed E-state index contributed by atoms with van der Waals surface area (Å²) in [6.45, 7) is 4.03. The van der Waals surface area contributed by atoms with E-state index in [9.17, 15) is 9.59 Å². The number of methoxy groups -OCH3 is 1. The molecule has 1 rings (SSSR count). The zero-order chi connectivity index (χ0) is 15.1. The Bertz CT molecular complexity index is 459. The molecule has 0 saturated carbocycles. The van der Waals surface area contributed by atoms with E-state index < -0.39 is 10.8 Å². The van der Waals surface area contributed by atoms with Gasteiger partial charge in [-0.3, -0.25) is 9.59 Å². The first-order valence-corrected chi connectivity index (χ1v) is 7.12. The van der Waals surface area contributed by atoms with Crippen LogP contribution in [0.25, 0.3) is 0 Å². The van der Waals surface area contributed by atoms with E-state index in [0.717, 1.165) is 0 Å². The third kappa shape index (κ3) is 5.21. The molecule has 110 valence electrons. The molecule has 0 heterocycles. The van der Waals surface area contributed by atoms with Crippen LogP contribution < -0.4 is 10.1 Å². The summed E-state index contributed by atoms with van der Waals surface area (Å²) in [6, 6.07) is 6.82. The number of carbonyl (C=O) groups is 2. The number of hydrogen-bond acceptors (Lipinski definition) is 4. The second-order valence-electron chi connectivity index (χ2n) is 4.39. The Kier molecular flexibility index (Phi) is 6.51. The average Bonchev–Trinajstić information content (AvgIpc) is 2.43. The van der Waals surface area contributed by atoms with E-state index >= 15 is 0 Å². The van der Waals surface area contributed by atoms with E-state index in [2.05, 4.69) is 26.0 Å². The topological polar surface area (TPSA) is 64.6 Å². The molecule has 1 aromatic carbocycles. The first-order chi connectivity index (χ1) is 9.43. The maximum Gasteiger partial charge on any atom is 0.321 e. The highest BCUT2D eigenvalue weighted by Crippen LogP contribution is 2.13. The van der Waals surface area contributed by atoms with Crippen molar-refractivity contribution in [1.29, 1.82) is 0 Å². The lowest BCUT2D eigenvalue weighted by molar-refractivity contribution is -0.139. The molecule has 0 aliphatic rings. The standard InChI is InChI=1S/C14H18BrNO4/c1-9(2)20-11-6-4-10(5-7-11)13(17)16-8-12(15)14(18)19-3/h4-7,9,12H,8H2,1-3H3,(H,16,17). The van der Waals surface area contributed by atoms with E-state index in [1.165, 1.54) is 7.11 Å². The molecule has 0 aliphatic heterocycles. The summed E-state index contributed by atoms with van der Waals surface area (Å²) in [7, 11) is 1.30. The first-order valence-electron chi connectivity index (χ1n) is 6.21. The molecular weight excluding hydrogens is 326 g/mol. The van der Waals surface area contributed by atoms with Crippen LogP contribution >= 0.6 is 15.9 Å². The Morgan fingerprint density at radius 1 is 1.25 bits per heavy atom. The molecule has 1 atom stereocenters. The van der Waals surface area contributed by atoms with E-state index in [0.29, 0.717) is 11.3 Å². The highest BCUT2D eigenvalue weighted by atomic mass is 79.9. The molecule has 6 heteroatoms. The fraction of sp³-hybridized carbons (Fsp3) is 0.429. The zero-order valence-corrected chi connectivity index (χ0v) is 13.3. The number of hydrogen-bond donors (Lipinski definition) is 1. The third-order valence-corrected chi connectivity index (χ3v) is 3.08. The van der Waals surface area contributed by atoms with Crippen molar-refractivity contribution in [3.8, 4) is 5.75 Å². The lowest BCUT2D eigenvalue weighted by atomic mass is 10.2. The summed E-state index contributed by atoms with van der Waals surface area (Å²) in [6.07, 6.45) is 0.0869. The SMILES string of the molecule is COC(=O)C(Br)CNC(=O)c1ccc(OC(C)C)cc1. The molecule has 20 heavy (non-hydrogen) atoms. The molecule has 1 amide bonds. The van der Waals surface area contributed by atoms with Gasteiger partial charge < -0.3 is 14.8 Å². The molecule has 0 spiro atoms. The van der Waals surface area contributed by atoms with Crippen LogP contribution in [0.15, 0.2) is 24.3 Å². The Hall–Kier alpha value is -1.56. The van der Waals surface area contributed by atoms with Crippen molar-refractivity contribution in [2.45, 2.75) is 24.8 Å². The molecule has 1 N–H and O–H groups in total. The molecule has 0 aliphatic carbocycles. The van der Waals surface area contributed by atoms with Crippen LogP contribution in [0.5, 0.6) is 5.75 Å². The van der Waals surface area contributed by atoms with Gasteiger partial charge in [0.25, 0.3) is 5.91 Å². The van der Waals surface area contributed by atoms with Crippen LogP contribution in [0, 0.1) is 0 Å². The number of amides is 1. The Morgan fingerprint density at radius 2 is 1.85 bits per heavy atom. The van der Waals surface area contributed by atoms with Crippen LogP contribution in [-0.2, 0) is 9.53 Å². The van der Waals surface area contributed by atoms with Gasteiger partial charge in [-0.15, -0.1) is 0 Å². The highest BCUT2D eigenvalue weighted by Gasteiger charge is 2.16. The largest absolute Gasteiger partial charge is 0.491 e. The second kappa shape index (κ2) is 7.89. The molecule has 0 saturated heterocycles. The maximum absolute atomic E-state index is 11.9. The van der Waals surface area contributed by atoms with Crippen molar-refractivity contribution < 1.29 is 19.1 Å². The number of alkyl halides is 1. The number of benzene rings is 1. The van der Waals surface area contributed by atoms with Gasteiger partial charge in [0.05, 0.1) is 13.2 Å². The van der Waals surface area contributed by atoms with Gasteiger partial charge in [0.1, 0.15) is 10.6 Å². The highest BCUT2D eigenvalue weighted by molar-refractivity contribution is 9.10. The Morgan fingerprint density at radius 3 is 2.35 bits per heavy atom. The van der Waals surface area contributed by atoms with Gasteiger partial charge in [-0.25, -0.2) is 0 Å². The van der Waals surface area contributed by atoms with Gasteiger partial charge in [-0.05, 0) is 38.1 Å². The van der Waals surface area contributed by atoms with Gasteiger partial charge in [-0.1, -0.05) is 15.9 Å². The summed E-state index contributed by atoms with van der Waals surface area (Å²) in [5, 5.41) is 2.65. The molecule has 0 bridgehead atoms. The van der Waals surface area contributed by atoms with Gasteiger partial charge in [0.15, 0.2) is 0 Å². The lowest BCUT2D eigenvalue weighted by Gasteiger charge is -2.11. The summed E-state index contributed by atoms with van der Waals surface area (Å²) in [4.78, 5) is 22.5. The minimum Gasteiger partial charge on any atom is -0.491 e. The maximum atomic E-state index is 11.9. The normalized spacial score (nSPS) is 11.8. The van der Waals surface area contributed by atoms with E-state index in [1.807, 2.05) is 13.8 Å². The summed E-state index contributed by atoms with van der Waals surface area (Å²) in [5.41, 5.74) is 0.505. The number of halogens is 1. The van der Waals surface area contributed by atoms with Crippen LogP contribution in [0.2, 0.25) is 0 Å². The van der Waals surface area contributed by atoms with Crippen molar-refractivity contribution in [3.63, 3.8) is 0 Å². The predicted octanol–water partition coefficient (Wildman–Crippen LogP) is 2.14. The first kappa shape index (κ1) is 16.5. The number of rotatable bonds is 6. The number of nitrogens with one attached hydrogen (secondary N) is 1. The van der Waals surface area contributed by atoms with Gasteiger partial charge in [0.2, 0.25) is 0 Å². The molecular formula is C14H18BrNO4. The minimum atomic E-state index is -0.556. The summed E-state index contributed by atoms with van der Waals surface area (Å²) < 4.78 is 10.0. The van der Waals surface area contributed by atoms with Crippen molar-refractivity contribution in [2.75, 3.05) is 13.7 Å². The summed E-state index contributed by atoms with van der Waals surface area (Å²) in [5.74, 6) is 0.0323. The van der Waals surface area contributed by atoms with Crippen LogP contribution in [0.3, 0.4) is 0 Å². The van der Waals surface area contributed by atoms with Crippen LogP contribution in [0.4, 0.5) is 0 Å². The molecule has 1 aromatic rings. The van der Waals surface area contributed by atoms with Crippen molar-refractivity contribution >= 4 is 27.8 Å². The smallest absolute Gasteiger partial charge is 0.321 e.